The van der Waals surface area contributed by atoms with Crippen molar-refractivity contribution in [3.63, 3.8) is 0 Å². The fourth-order valence-electron chi connectivity index (χ4n) is 1.55. The van der Waals surface area contributed by atoms with E-state index in [1.54, 1.807) is 12.4 Å². The molecule has 1 unspecified atom stereocenters. The van der Waals surface area contributed by atoms with Gasteiger partial charge in [-0.1, -0.05) is 0 Å². The van der Waals surface area contributed by atoms with E-state index in [1.165, 1.54) is 5.56 Å². The summed E-state index contributed by atoms with van der Waals surface area (Å²) in [6.45, 7) is 0.571. The highest BCUT2D eigenvalue weighted by atomic mass is 16.5. The zero-order chi connectivity index (χ0) is 9.10. The number of esters is 1. The zero-order valence-electron chi connectivity index (χ0n) is 7.27. The maximum absolute atomic E-state index is 10.8. The van der Waals surface area contributed by atoms with Gasteiger partial charge in [-0.15, -0.1) is 0 Å². The largest absolute Gasteiger partial charge is 0.465 e. The van der Waals surface area contributed by atoms with Crippen LogP contribution in [0.4, 0.5) is 0 Å². The molecule has 1 aromatic heterocycles. The van der Waals surface area contributed by atoms with Gasteiger partial charge < -0.3 is 4.74 Å². The Morgan fingerprint density at radius 2 is 2.23 bits per heavy atom. The number of carbonyl (C=O) groups is 1. The summed E-state index contributed by atoms with van der Waals surface area (Å²) in [5.41, 5.74) is 1.22. The molecule has 1 aromatic rings. The van der Waals surface area contributed by atoms with Crippen molar-refractivity contribution in [3.05, 3.63) is 30.1 Å². The highest BCUT2D eigenvalue weighted by Crippen LogP contribution is 2.18. The second kappa shape index (κ2) is 3.56. The summed E-state index contributed by atoms with van der Waals surface area (Å²) in [5.74, 6) is 0.286. The molecule has 2 rings (SSSR count). The van der Waals surface area contributed by atoms with Gasteiger partial charge in [0.2, 0.25) is 0 Å². The van der Waals surface area contributed by atoms with Crippen LogP contribution in [0.15, 0.2) is 24.5 Å². The molecule has 1 fully saturated rings. The minimum absolute atomic E-state index is 0.0703. The summed E-state index contributed by atoms with van der Waals surface area (Å²) in [4.78, 5) is 14.7. The molecule has 68 valence electrons. The summed E-state index contributed by atoms with van der Waals surface area (Å²) in [5, 5.41) is 0. The molecular weight excluding hydrogens is 166 g/mol. The van der Waals surface area contributed by atoms with E-state index in [4.69, 9.17) is 4.74 Å². The molecular formula is C10H11NO2. The Bertz CT molecular complexity index is 297. The van der Waals surface area contributed by atoms with E-state index < -0.39 is 0 Å². The van der Waals surface area contributed by atoms with Gasteiger partial charge in [-0.3, -0.25) is 9.78 Å². The molecule has 0 amide bonds. The van der Waals surface area contributed by atoms with Crippen LogP contribution in [-0.4, -0.2) is 17.6 Å². The first-order valence-electron chi connectivity index (χ1n) is 4.39. The topological polar surface area (TPSA) is 39.2 Å². The second-order valence-corrected chi connectivity index (χ2v) is 3.31. The molecule has 1 aliphatic heterocycles. The number of aromatic nitrogens is 1. The molecule has 0 saturated carbocycles. The summed E-state index contributed by atoms with van der Waals surface area (Å²) in [6, 6.07) is 3.95. The third kappa shape index (κ3) is 2.05. The fraction of sp³-hybridized carbons (Fsp3) is 0.400. The second-order valence-electron chi connectivity index (χ2n) is 3.31. The van der Waals surface area contributed by atoms with E-state index in [9.17, 15) is 4.79 Å². The lowest BCUT2D eigenvalue weighted by atomic mass is 10.00. The van der Waals surface area contributed by atoms with E-state index in [-0.39, 0.29) is 5.97 Å². The van der Waals surface area contributed by atoms with Gasteiger partial charge in [0.25, 0.3) is 0 Å². The van der Waals surface area contributed by atoms with E-state index in [2.05, 4.69) is 4.98 Å². The predicted molar refractivity (Wildman–Crippen MR) is 47.0 cm³/mol. The zero-order valence-corrected chi connectivity index (χ0v) is 7.27. The number of cyclic esters (lactones) is 1. The maximum Gasteiger partial charge on any atom is 0.306 e. The molecule has 3 nitrogen and oxygen atoms in total. The molecule has 2 heterocycles. The molecule has 3 heteroatoms. The Labute approximate surface area is 76.7 Å². The summed E-state index contributed by atoms with van der Waals surface area (Å²) in [7, 11) is 0. The van der Waals surface area contributed by atoms with Crippen molar-refractivity contribution in [1.82, 2.24) is 4.98 Å². The monoisotopic (exact) mass is 177 g/mol. The van der Waals surface area contributed by atoms with E-state index in [0.29, 0.717) is 18.9 Å². The first-order chi connectivity index (χ1) is 6.34. The average molecular weight is 177 g/mol. The number of carbonyl (C=O) groups excluding carboxylic acids is 1. The summed E-state index contributed by atoms with van der Waals surface area (Å²) < 4.78 is 4.88. The SMILES string of the molecule is O=C1CC(Cc2ccncc2)CO1. The Balaban J connectivity index is 1.96. The highest BCUT2D eigenvalue weighted by molar-refractivity contribution is 5.71. The smallest absolute Gasteiger partial charge is 0.306 e. The Morgan fingerprint density at radius 1 is 1.46 bits per heavy atom. The van der Waals surface area contributed by atoms with E-state index in [1.807, 2.05) is 12.1 Å². The van der Waals surface area contributed by atoms with Gasteiger partial charge in [-0.2, -0.15) is 0 Å². The highest BCUT2D eigenvalue weighted by Gasteiger charge is 2.23. The van der Waals surface area contributed by atoms with Crippen LogP contribution in [0.1, 0.15) is 12.0 Å². The predicted octanol–water partition coefficient (Wildman–Crippen LogP) is 1.19. The first kappa shape index (κ1) is 8.23. The van der Waals surface area contributed by atoms with Crippen molar-refractivity contribution in [2.24, 2.45) is 5.92 Å². The normalized spacial score (nSPS) is 21.5. The van der Waals surface area contributed by atoms with Crippen LogP contribution >= 0.6 is 0 Å². The summed E-state index contributed by atoms with van der Waals surface area (Å²) in [6.07, 6.45) is 5.01. The lowest BCUT2D eigenvalue weighted by molar-refractivity contribution is -0.137. The van der Waals surface area contributed by atoms with Gasteiger partial charge in [-0.25, -0.2) is 0 Å². The molecule has 13 heavy (non-hydrogen) atoms. The quantitative estimate of drug-likeness (QED) is 0.637. The van der Waals surface area contributed by atoms with E-state index >= 15 is 0 Å². The maximum atomic E-state index is 10.8. The Kier molecular flexibility index (Phi) is 2.25. The number of nitrogens with zero attached hydrogens (tertiary/aromatic N) is 1. The standard InChI is InChI=1S/C10H11NO2/c12-10-6-9(7-13-10)5-8-1-3-11-4-2-8/h1-4,9H,5-7H2. The average Bonchev–Trinajstić information content (AvgIpc) is 2.53. The van der Waals surface area contributed by atoms with Gasteiger partial charge in [0, 0.05) is 18.3 Å². The van der Waals surface area contributed by atoms with Crippen molar-refractivity contribution >= 4 is 5.97 Å². The lowest BCUT2D eigenvalue weighted by Crippen LogP contribution is -2.03. The van der Waals surface area contributed by atoms with Crippen LogP contribution in [0, 0.1) is 5.92 Å². The molecule has 0 aromatic carbocycles. The van der Waals surface area contributed by atoms with Crippen molar-refractivity contribution in [2.75, 3.05) is 6.61 Å². The van der Waals surface area contributed by atoms with Gasteiger partial charge in [0.05, 0.1) is 13.0 Å². The van der Waals surface area contributed by atoms with Crippen LogP contribution in [0.2, 0.25) is 0 Å². The first-order valence-corrected chi connectivity index (χ1v) is 4.39. The van der Waals surface area contributed by atoms with Gasteiger partial charge in [0.1, 0.15) is 0 Å². The molecule has 0 N–H and O–H groups in total. The molecule has 0 aliphatic carbocycles. The van der Waals surface area contributed by atoms with Crippen LogP contribution in [0.3, 0.4) is 0 Å². The van der Waals surface area contributed by atoms with E-state index in [0.717, 1.165) is 6.42 Å². The Hall–Kier alpha value is -1.38. The van der Waals surface area contributed by atoms with Crippen molar-refractivity contribution in [1.29, 1.82) is 0 Å². The van der Waals surface area contributed by atoms with Crippen LogP contribution in [-0.2, 0) is 16.0 Å². The molecule has 0 spiro atoms. The third-order valence-electron chi connectivity index (χ3n) is 2.21. The fourth-order valence-corrected chi connectivity index (χ4v) is 1.55. The number of rotatable bonds is 2. The van der Waals surface area contributed by atoms with Crippen molar-refractivity contribution in [3.8, 4) is 0 Å². The number of ether oxygens (including phenoxy) is 1. The summed E-state index contributed by atoms with van der Waals surface area (Å²) >= 11 is 0. The third-order valence-corrected chi connectivity index (χ3v) is 2.21. The molecule has 0 bridgehead atoms. The van der Waals surface area contributed by atoms with Gasteiger partial charge >= 0.3 is 5.97 Å². The molecule has 1 saturated heterocycles. The number of hydrogen-bond donors (Lipinski definition) is 0. The minimum atomic E-state index is -0.0703. The van der Waals surface area contributed by atoms with Crippen LogP contribution in [0.5, 0.6) is 0 Å². The van der Waals surface area contributed by atoms with Gasteiger partial charge in [0.15, 0.2) is 0 Å². The number of hydrogen-bond acceptors (Lipinski definition) is 3. The van der Waals surface area contributed by atoms with Crippen LogP contribution < -0.4 is 0 Å². The molecule has 1 aliphatic rings. The minimum Gasteiger partial charge on any atom is -0.465 e. The Morgan fingerprint density at radius 3 is 2.85 bits per heavy atom. The van der Waals surface area contributed by atoms with Gasteiger partial charge in [-0.05, 0) is 24.1 Å². The van der Waals surface area contributed by atoms with Crippen molar-refractivity contribution < 1.29 is 9.53 Å². The molecule has 1 atom stereocenters. The van der Waals surface area contributed by atoms with Crippen molar-refractivity contribution in [2.45, 2.75) is 12.8 Å². The van der Waals surface area contributed by atoms with Crippen LogP contribution in [0.25, 0.3) is 0 Å². The molecule has 0 radical (unpaired) electrons. The number of pyridine rings is 1. The lowest BCUT2D eigenvalue weighted by Gasteiger charge is -2.04.